The lowest BCUT2D eigenvalue weighted by Crippen LogP contribution is -2.39. The molecule has 0 unspecified atom stereocenters. The van der Waals surface area contributed by atoms with Gasteiger partial charge in [-0.05, 0) is 19.9 Å². The highest BCUT2D eigenvalue weighted by molar-refractivity contribution is 7.80. The predicted molar refractivity (Wildman–Crippen MR) is 55.4 cm³/mol. The molecule has 0 aromatic rings. The van der Waals surface area contributed by atoms with E-state index in [1.54, 1.807) is 4.90 Å². The average Bonchev–Trinajstić information content (AvgIpc) is 2.67. The summed E-state index contributed by atoms with van der Waals surface area (Å²) in [5.41, 5.74) is 5.34. The minimum atomic E-state index is 0.0567. The van der Waals surface area contributed by atoms with Gasteiger partial charge in [0.05, 0.1) is 11.5 Å². The fourth-order valence-electron chi connectivity index (χ4n) is 1.07. The van der Waals surface area contributed by atoms with Crippen LogP contribution in [0.5, 0.6) is 0 Å². The summed E-state index contributed by atoms with van der Waals surface area (Å²) in [5.74, 6) is 0.0567. The average molecular weight is 201 g/mol. The SMILES string of the molecule is CN(CC(=O)NC1CC1)CC(N)=S. The van der Waals surface area contributed by atoms with Crippen molar-refractivity contribution >= 4 is 23.1 Å². The molecule has 0 heterocycles. The number of rotatable bonds is 5. The van der Waals surface area contributed by atoms with E-state index in [4.69, 9.17) is 18.0 Å². The lowest BCUT2D eigenvalue weighted by Gasteiger charge is -2.14. The Bertz CT molecular complexity index is 215. The maximum absolute atomic E-state index is 11.2. The van der Waals surface area contributed by atoms with Crippen LogP contribution in [0.2, 0.25) is 0 Å². The molecule has 1 fully saturated rings. The van der Waals surface area contributed by atoms with Crippen molar-refractivity contribution in [2.24, 2.45) is 5.73 Å². The van der Waals surface area contributed by atoms with Crippen molar-refractivity contribution in [1.82, 2.24) is 10.2 Å². The molecule has 0 radical (unpaired) electrons. The number of thiocarbonyl (C=S) groups is 1. The minimum Gasteiger partial charge on any atom is -0.392 e. The van der Waals surface area contributed by atoms with Crippen molar-refractivity contribution in [3.05, 3.63) is 0 Å². The van der Waals surface area contributed by atoms with E-state index in [-0.39, 0.29) is 5.91 Å². The van der Waals surface area contributed by atoms with Gasteiger partial charge < -0.3 is 11.1 Å². The molecular formula is C8H15N3OS. The van der Waals surface area contributed by atoms with E-state index in [0.29, 0.717) is 24.1 Å². The highest BCUT2D eigenvalue weighted by Crippen LogP contribution is 2.18. The Morgan fingerprint density at radius 2 is 2.23 bits per heavy atom. The molecule has 0 saturated heterocycles. The van der Waals surface area contributed by atoms with Gasteiger partial charge in [-0.25, -0.2) is 0 Å². The van der Waals surface area contributed by atoms with Crippen LogP contribution in [-0.2, 0) is 4.79 Å². The summed E-state index contributed by atoms with van der Waals surface area (Å²) in [6, 6.07) is 0.422. The third-order valence-corrected chi connectivity index (χ3v) is 1.91. The molecule has 4 nitrogen and oxygen atoms in total. The molecule has 0 aliphatic heterocycles. The summed E-state index contributed by atoms with van der Waals surface area (Å²) in [4.78, 5) is 13.5. The monoisotopic (exact) mass is 201 g/mol. The van der Waals surface area contributed by atoms with Crippen LogP contribution < -0.4 is 11.1 Å². The molecule has 0 bridgehead atoms. The Balaban J connectivity index is 2.13. The molecule has 1 rings (SSSR count). The number of hydrogen-bond acceptors (Lipinski definition) is 3. The van der Waals surface area contributed by atoms with Crippen LogP contribution in [-0.4, -0.2) is 42.0 Å². The first kappa shape index (κ1) is 10.4. The van der Waals surface area contributed by atoms with Crippen LogP contribution in [0.25, 0.3) is 0 Å². The number of likely N-dealkylation sites (N-methyl/N-ethyl adjacent to an activating group) is 1. The predicted octanol–water partition coefficient (Wildman–Crippen LogP) is -0.517. The van der Waals surface area contributed by atoms with Crippen LogP contribution in [0, 0.1) is 0 Å². The number of carbonyl (C=O) groups excluding carboxylic acids is 1. The second kappa shape index (κ2) is 4.53. The maximum atomic E-state index is 11.2. The zero-order valence-electron chi connectivity index (χ0n) is 7.75. The van der Waals surface area contributed by atoms with Crippen LogP contribution in [0.15, 0.2) is 0 Å². The van der Waals surface area contributed by atoms with E-state index in [2.05, 4.69) is 5.32 Å². The highest BCUT2D eigenvalue weighted by atomic mass is 32.1. The third-order valence-electron chi connectivity index (χ3n) is 1.78. The lowest BCUT2D eigenvalue weighted by atomic mass is 10.4. The largest absolute Gasteiger partial charge is 0.392 e. The molecule has 0 spiro atoms. The van der Waals surface area contributed by atoms with Gasteiger partial charge in [-0.1, -0.05) is 12.2 Å². The summed E-state index contributed by atoms with van der Waals surface area (Å²) in [6.07, 6.45) is 2.23. The fraction of sp³-hybridized carbons (Fsp3) is 0.750. The van der Waals surface area contributed by atoms with Crippen LogP contribution in [0.4, 0.5) is 0 Å². The van der Waals surface area contributed by atoms with Crippen molar-refractivity contribution in [1.29, 1.82) is 0 Å². The van der Waals surface area contributed by atoms with Crippen molar-refractivity contribution in [2.75, 3.05) is 20.1 Å². The number of carbonyl (C=O) groups is 1. The molecule has 5 heteroatoms. The van der Waals surface area contributed by atoms with Gasteiger partial charge in [-0.3, -0.25) is 9.69 Å². The second-order valence-electron chi connectivity index (χ2n) is 3.48. The lowest BCUT2D eigenvalue weighted by molar-refractivity contribution is -0.121. The van der Waals surface area contributed by atoms with E-state index in [0.717, 1.165) is 12.8 Å². The molecule has 74 valence electrons. The van der Waals surface area contributed by atoms with Gasteiger partial charge in [0, 0.05) is 12.6 Å². The van der Waals surface area contributed by atoms with Crippen LogP contribution in [0.1, 0.15) is 12.8 Å². The first-order chi connectivity index (χ1) is 6.08. The Morgan fingerprint density at radius 3 is 2.69 bits per heavy atom. The number of nitrogens with one attached hydrogen (secondary N) is 1. The summed E-state index contributed by atoms with van der Waals surface area (Å²) in [5, 5.41) is 2.89. The van der Waals surface area contributed by atoms with Gasteiger partial charge >= 0.3 is 0 Å². The minimum absolute atomic E-state index is 0.0567. The van der Waals surface area contributed by atoms with Crippen LogP contribution >= 0.6 is 12.2 Å². The topological polar surface area (TPSA) is 58.4 Å². The first-order valence-electron chi connectivity index (χ1n) is 4.34. The van der Waals surface area contributed by atoms with Gasteiger partial charge in [0.15, 0.2) is 0 Å². The van der Waals surface area contributed by atoms with E-state index in [9.17, 15) is 4.79 Å². The molecule has 1 saturated carbocycles. The van der Waals surface area contributed by atoms with E-state index >= 15 is 0 Å². The quantitative estimate of drug-likeness (QED) is 0.588. The van der Waals surface area contributed by atoms with Gasteiger partial charge in [-0.2, -0.15) is 0 Å². The Hall–Kier alpha value is -0.680. The highest BCUT2D eigenvalue weighted by Gasteiger charge is 2.23. The molecule has 1 aliphatic carbocycles. The summed E-state index contributed by atoms with van der Waals surface area (Å²) in [7, 11) is 1.83. The van der Waals surface area contributed by atoms with E-state index in [1.165, 1.54) is 0 Å². The maximum Gasteiger partial charge on any atom is 0.234 e. The Labute approximate surface area is 83.5 Å². The molecule has 0 aromatic heterocycles. The third kappa shape index (κ3) is 4.80. The molecule has 3 N–H and O–H groups in total. The van der Waals surface area contributed by atoms with E-state index < -0.39 is 0 Å². The molecule has 1 aliphatic rings. The van der Waals surface area contributed by atoms with Crippen molar-refractivity contribution < 1.29 is 4.79 Å². The molecule has 0 aromatic carbocycles. The van der Waals surface area contributed by atoms with Gasteiger partial charge in [0.2, 0.25) is 5.91 Å². The normalized spacial score (nSPS) is 15.8. The smallest absolute Gasteiger partial charge is 0.234 e. The van der Waals surface area contributed by atoms with Crippen molar-refractivity contribution in [2.45, 2.75) is 18.9 Å². The number of hydrogen-bond donors (Lipinski definition) is 2. The molecular weight excluding hydrogens is 186 g/mol. The van der Waals surface area contributed by atoms with Gasteiger partial charge in [0.1, 0.15) is 0 Å². The zero-order chi connectivity index (χ0) is 9.84. The number of amides is 1. The van der Waals surface area contributed by atoms with E-state index in [1.807, 2.05) is 7.05 Å². The van der Waals surface area contributed by atoms with Crippen molar-refractivity contribution in [3.8, 4) is 0 Å². The second-order valence-corrected chi connectivity index (χ2v) is 4.00. The van der Waals surface area contributed by atoms with Gasteiger partial charge in [0.25, 0.3) is 0 Å². The van der Waals surface area contributed by atoms with Gasteiger partial charge in [-0.15, -0.1) is 0 Å². The summed E-state index contributed by atoms with van der Waals surface area (Å²) >= 11 is 4.73. The Morgan fingerprint density at radius 1 is 1.62 bits per heavy atom. The molecule has 0 atom stereocenters. The first-order valence-corrected chi connectivity index (χ1v) is 4.75. The number of nitrogens with two attached hydrogens (primary N) is 1. The fourth-order valence-corrected chi connectivity index (χ4v) is 1.29. The standard InChI is InChI=1S/C8H15N3OS/c1-11(4-7(9)13)5-8(12)10-6-2-3-6/h6H,2-5H2,1H3,(H2,9,13)(H,10,12). The number of nitrogens with zero attached hydrogens (tertiary/aromatic N) is 1. The molecule has 1 amide bonds. The van der Waals surface area contributed by atoms with Crippen molar-refractivity contribution in [3.63, 3.8) is 0 Å². The summed E-state index contributed by atoms with van der Waals surface area (Å²) < 4.78 is 0. The zero-order valence-corrected chi connectivity index (χ0v) is 8.56. The summed E-state index contributed by atoms with van der Waals surface area (Å²) in [6.45, 7) is 0.862. The van der Waals surface area contributed by atoms with Crippen LogP contribution in [0.3, 0.4) is 0 Å². The Kier molecular flexibility index (Phi) is 3.62. The molecule has 13 heavy (non-hydrogen) atoms.